The van der Waals surface area contributed by atoms with Gasteiger partial charge in [0.25, 0.3) is 0 Å². The third-order valence-electron chi connectivity index (χ3n) is 2.91. The summed E-state index contributed by atoms with van der Waals surface area (Å²) in [5.74, 6) is 0.810. The Balaban J connectivity index is 1.97. The van der Waals surface area contributed by atoms with Crippen molar-refractivity contribution in [2.24, 2.45) is 7.05 Å². The van der Waals surface area contributed by atoms with Gasteiger partial charge in [0, 0.05) is 36.9 Å². The Bertz CT molecular complexity index is 700. The third kappa shape index (κ3) is 2.22. The maximum absolute atomic E-state index is 4.26. The van der Waals surface area contributed by atoms with Gasteiger partial charge in [-0.2, -0.15) is 0 Å². The van der Waals surface area contributed by atoms with Gasteiger partial charge in [0.2, 0.25) is 0 Å². The summed E-state index contributed by atoms with van der Waals surface area (Å²) >= 11 is 0. The van der Waals surface area contributed by atoms with E-state index in [9.17, 15) is 0 Å². The molecule has 3 aromatic heterocycles. The van der Waals surface area contributed by atoms with E-state index in [-0.39, 0.29) is 0 Å². The monoisotopic (exact) mass is 251 g/mol. The van der Waals surface area contributed by atoms with E-state index in [1.54, 1.807) is 12.4 Å². The van der Waals surface area contributed by atoms with Crippen LogP contribution in [0.5, 0.6) is 0 Å². The number of imidazole rings is 1. The molecule has 0 unspecified atom stereocenters. The average molecular weight is 251 g/mol. The molecule has 0 amide bonds. The molecule has 0 saturated carbocycles. The second-order valence-corrected chi connectivity index (χ2v) is 4.35. The lowest BCUT2D eigenvalue weighted by atomic mass is 10.1. The fourth-order valence-electron chi connectivity index (χ4n) is 1.92. The van der Waals surface area contributed by atoms with Crippen molar-refractivity contribution < 1.29 is 0 Å². The summed E-state index contributed by atoms with van der Waals surface area (Å²) < 4.78 is 1.92. The lowest BCUT2D eigenvalue weighted by molar-refractivity contribution is 0.905. The van der Waals surface area contributed by atoms with E-state index >= 15 is 0 Å². The molecule has 0 fully saturated rings. The van der Waals surface area contributed by atoms with Crippen LogP contribution in [0, 0.1) is 6.92 Å². The van der Waals surface area contributed by atoms with Crippen LogP contribution >= 0.6 is 0 Å². The minimum Gasteiger partial charge on any atom is -0.333 e. The zero-order valence-corrected chi connectivity index (χ0v) is 10.8. The molecular formula is C14H13N5. The van der Waals surface area contributed by atoms with E-state index in [1.807, 2.05) is 49.0 Å². The van der Waals surface area contributed by atoms with Gasteiger partial charge in [-0.05, 0) is 31.2 Å². The summed E-state index contributed by atoms with van der Waals surface area (Å²) in [4.78, 5) is 8.43. The quantitative estimate of drug-likeness (QED) is 0.701. The summed E-state index contributed by atoms with van der Waals surface area (Å²) in [5, 5.41) is 8.49. The highest BCUT2D eigenvalue weighted by molar-refractivity contribution is 5.60. The Kier molecular flexibility index (Phi) is 2.79. The summed E-state index contributed by atoms with van der Waals surface area (Å²) in [6.07, 6.45) is 5.41. The van der Waals surface area contributed by atoms with Gasteiger partial charge in [-0.25, -0.2) is 4.98 Å². The van der Waals surface area contributed by atoms with E-state index in [1.165, 1.54) is 0 Å². The lowest BCUT2D eigenvalue weighted by Gasteiger charge is -2.03. The van der Waals surface area contributed by atoms with E-state index in [2.05, 4.69) is 20.2 Å². The van der Waals surface area contributed by atoms with Crippen LogP contribution in [-0.2, 0) is 7.05 Å². The standard InChI is InChI=1S/C14H13N5/c1-10-9-11(5-6-15-10)12-3-4-13(18-17-12)14-16-7-8-19(14)2/h3-9H,1-2H3. The fraction of sp³-hybridized carbons (Fsp3) is 0.143. The van der Waals surface area contributed by atoms with Gasteiger partial charge in [0.05, 0.1) is 5.69 Å². The van der Waals surface area contributed by atoms with E-state index in [0.717, 1.165) is 28.5 Å². The Morgan fingerprint density at radius 2 is 1.74 bits per heavy atom. The van der Waals surface area contributed by atoms with Gasteiger partial charge in [-0.1, -0.05) is 0 Å². The minimum atomic E-state index is 0.766. The van der Waals surface area contributed by atoms with Crippen LogP contribution in [0.4, 0.5) is 0 Å². The third-order valence-corrected chi connectivity index (χ3v) is 2.91. The zero-order chi connectivity index (χ0) is 13.2. The van der Waals surface area contributed by atoms with Crippen molar-refractivity contribution in [3.8, 4) is 22.8 Å². The topological polar surface area (TPSA) is 56.5 Å². The summed E-state index contributed by atoms with van der Waals surface area (Å²) in [6, 6.07) is 7.80. The molecule has 0 aromatic carbocycles. The van der Waals surface area contributed by atoms with Gasteiger partial charge in [0.1, 0.15) is 5.69 Å². The maximum Gasteiger partial charge on any atom is 0.160 e. The summed E-state index contributed by atoms with van der Waals surface area (Å²) in [7, 11) is 1.93. The lowest BCUT2D eigenvalue weighted by Crippen LogP contribution is -1.96. The number of aromatic nitrogens is 5. The Morgan fingerprint density at radius 1 is 0.947 bits per heavy atom. The molecule has 0 aliphatic heterocycles. The molecule has 0 saturated heterocycles. The smallest absolute Gasteiger partial charge is 0.160 e. The predicted molar refractivity (Wildman–Crippen MR) is 72.2 cm³/mol. The Labute approximate surface area is 111 Å². The molecular weight excluding hydrogens is 238 g/mol. The molecule has 94 valence electrons. The van der Waals surface area contributed by atoms with E-state index in [0.29, 0.717) is 0 Å². The van der Waals surface area contributed by atoms with Crippen molar-refractivity contribution in [3.63, 3.8) is 0 Å². The maximum atomic E-state index is 4.26. The number of rotatable bonds is 2. The van der Waals surface area contributed by atoms with Gasteiger partial charge in [-0.15, -0.1) is 10.2 Å². The number of nitrogens with zero attached hydrogens (tertiary/aromatic N) is 5. The van der Waals surface area contributed by atoms with E-state index in [4.69, 9.17) is 0 Å². The van der Waals surface area contributed by atoms with Crippen LogP contribution in [-0.4, -0.2) is 24.7 Å². The molecule has 0 bridgehead atoms. The zero-order valence-electron chi connectivity index (χ0n) is 10.8. The Morgan fingerprint density at radius 3 is 2.37 bits per heavy atom. The SMILES string of the molecule is Cc1cc(-c2ccc(-c3nccn3C)nn2)ccn1. The van der Waals surface area contributed by atoms with Crippen LogP contribution in [0.15, 0.2) is 42.9 Å². The molecule has 0 radical (unpaired) electrons. The molecule has 5 heteroatoms. The van der Waals surface area contributed by atoms with Gasteiger partial charge in [0.15, 0.2) is 5.82 Å². The van der Waals surface area contributed by atoms with Crippen molar-refractivity contribution in [1.29, 1.82) is 0 Å². The van der Waals surface area contributed by atoms with Crippen LogP contribution < -0.4 is 0 Å². The van der Waals surface area contributed by atoms with Crippen molar-refractivity contribution in [2.75, 3.05) is 0 Å². The Hall–Kier alpha value is -2.56. The average Bonchev–Trinajstić information content (AvgIpc) is 2.85. The largest absolute Gasteiger partial charge is 0.333 e. The summed E-state index contributed by atoms with van der Waals surface area (Å²) in [6.45, 7) is 1.96. The van der Waals surface area contributed by atoms with Crippen LogP contribution in [0.25, 0.3) is 22.8 Å². The normalized spacial score (nSPS) is 10.6. The van der Waals surface area contributed by atoms with E-state index < -0.39 is 0 Å². The van der Waals surface area contributed by atoms with Crippen molar-refractivity contribution in [3.05, 3.63) is 48.5 Å². The highest BCUT2D eigenvalue weighted by Crippen LogP contribution is 2.19. The molecule has 5 nitrogen and oxygen atoms in total. The first-order valence-corrected chi connectivity index (χ1v) is 5.98. The first-order valence-electron chi connectivity index (χ1n) is 5.98. The second kappa shape index (κ2) is 4.61. The molecule has 0 N–H and O–H groups in total. The van der Waals surface area contributed by atoms with Crippen LogP contribution in [0.1, 0.15) is 5.69 Å². The van der Waals surface area contributed by atoms with Crippen LogP contribution in [0.3, 0.4) is 0 Å². The molecule has 19 heavy (non-hydrogen) atoms. The number of aryl methyl sites for hydroxylation is 2. The number of hydrogen-bond donors (Lipinski definition) is 0. The van der Waals surface area contributed by atoms with Crippen molar-refractivity contribution in [2.45, 2.75) is 6.92 Å². The van der Waals surface area contributed by atoms with Gasteiger partial charge >= 0.3 is 0 Å². The number of hydrogen-bond acceptors (Lipinski definition) is 4. The van der Waals surface area contributed by atoms with Crippen molar-refractivity contribution >= 4 is 0 Å². The highest BCUT2D eigenvalue weighted by atomic mass is 15.1. The van der Waals surface area contributed by atoms with Gasteiger partial charge < -0.3 is 4.57 Å². The molecule has 0 aliphatic rings. The first-order chi connectivity index (χ1) is 9.24. The predicted octanol–water partition coefficient (Wildman–Crippen LogP) is 2.25. The van der Waals surface area contributed by atoms with Crippen LogP contribution in [0.2, 0.25) is 0 Å². The number of pyridine rings is 1. The summed E-state index contributed by atoms with van der Waals surface area (Å²) in [5.41, 5.74) is 3.59. The molecule has 3 aromatic rings. The van der Waals surface area contributed by atoms with Crippen molar-refractivity contribution in [1.82, 2.24) is 24.7 Å². The minimum absolute atomic E-state index is 0.766. The highest BCUT2D eigenvalue weighted by Gasteiger charge is 2.06. The molecule has 0 spiro atoms. The first kappa shape index (κ1) is 11.5. The fourth-order valence-corrected chi connectivity index (χ4v) is 1.92. The van der Waals surface area contributed by atoms with Gasteiger partial charge in [-0.3, -0.25) is 4.98 Å². The molecule has 0 aliphatic carbocycles. The molecule has 3 rings (SSSR count). The second-order valence-electron chi connectivity index (χ2n) is 4.35. The molecule has 0 atom stereocenters. The molecule has 3 heterocycles.